The van der Waals surface area contributed by atoms with Gasteiger partial charge in [-0.05, 0) is 38.5 Å². The van der Waals surface area contributed by atoms with E-state index in [1.807, 2.05) is 0 Å². The summed E-state index contributed by atoms with van der Waals surface area (Å²) in [5, 5.41) is 15.9. The topological polar surface area (TPSA) is 64.9 Å². The van der Waals surface area contributed by atoms with Crippen molar-refractivity contribution in [2.24, 2.45) is 5.41 Å². The fourth-order valence-electron chi connectivity index (χ4n) is 4.36. The first-order valence-electron chi connectivity index (χ1n) is 11.3. The van der Waals surface area contributed by atoms with E-state index in [2.05, 4.69) is 51.3 Å². The number of nitriles is 1. The molecule has 0 aromatic carbocycles. The molecule has 0 heterocycles. The molecule has 1 aliphatic carbocycles. The third kappa shape index (κ3) is 11.4. The molecular weight excluding hydrogens is 346 g/mol. The Morgan fingerprint density at radius 1 is 0.929 bits per heavy atom. The molecule has 0 bridgehead atoms. The summed E-state index contributed by atoms with van der Waals surface area (Å²) >= 11 is 0. The third-order valence-electron chi connectivity index (χ3n) is 5.38. The highest BCUT2D eigenvalue weighted by molar-refractivity contribution is 5.97. The van der Waals surface area contributed by atoms with E-state index in [0.29, 0.717) is 0 Å². The Labute approximate surface area is 173 Å². The van der Waals surface area contributed by atoms with Gasteiger partial charge in [0.1, 0.15) is 11.6 Å². The second kappa shape index (κ2) is 12.1. The van der Waals surface area contributed by atoms with Gasteiger partial charge in [-0.3, -0.25) is 4.79 Å². The van der Waals surface area contributed by atoms with Crippen LogP contribution in [0.2, 0.25) is 0 Å². The smallest absolute Gasteiger partial charge is 0.263 e. The minimum absolute atomic E-state index is 0.173. The zero-order valence-corrected chi connectivity index (χ0v) is 19.0. The number of carbonyl (C=O) groups excluding carboxylic acids is 1. The highest BCUT2D eigenvalue weighted by Gasteiger charge is 2.25. The zero-order chi connectivity index (χ0) is 21.0. The second-order valence-corrected chi connectivity index (χ2v) is 10.4. The van der Waals surface area contributed by atoms with Gasteiger partial charge in [0, 0.05) is 17.8 Å². The van der Waals surface area contributed by atoms with Gasteiger partial charge in [0.15, 0.2) is 0 Å². The average Bonchev–Trinajstić information content (AvgIpc) is 2.55. The molecule has 160 valence electrons. The summed E-state index contributed by atoms with van der Waals surface area (Å²) in [6, 6.07) is 2.27. The molecule has 0 atom stereocenters. The van der Waals surface area contributed by atoms with E-state index in [1.165, 1.54) is 44.9 Å². The minimum Gasteiger partial charge on any atom is -0.385 e. The SMILES string of the molecule is CC(C)(C)CC(C)(C)N/C=C(/C#N)C(=O)NC1CCCCCCCCCCC1. The number of carbonyl (C=O) groups is 1. The molecule has 0 radical (unpaired) electrons. The molecule has 0 aliphatic heterocycles. The Morgan fingerprint density at radius 2 is 1.39 bits per heavy atom. The molecule has 0 unspecified atom stereocenters. The highest BCUT2D eigenvalue weighted by Crippen LogP contribution is 2.26. The van der Waals surface area contributed by atoms with Crippen molar-refractivity contribution in [3.05, 3.63) is 11.8 Å². The van der Waals surface area contributed by atoms with Crippen molar-refractivity contribution in [2.45, 2.75) is 123 Å². The van der Waals surface area contributed by atoms with Crippen molar-refractivity contribution >= 4 is 5.91 Å². The highest BCUT2D eigenvalue weighted by atomic mass is 16.1. The van der Waals surface area contributed by atoms with E-state index in [0.717, 1.165) is 32.1 Å². The lowest BCUT2D eigenvalue weighted by Crippen LogP contribution is -2.41. The van der Waals surface area contributed by atoms with Crippen LogP contribution in [-0.4, -0.2) is 17.5 Å². The summed E-state index contributed by atoms with van der Waals surface area (Å²) in [7, 11) is 0. The first-order valence-corrected chi connectivity index (χ1v) is 11.3. The Kier molecular flexibility index (Phi) is 10.6. The van der Waals surface area contributed by atoms with Crippen molar-refractivity contribution in [3.63, 3.8) is 0 Å². The Bertz CT molecular complexity index is 525. The van der Waals surface area contributed by atoms with Crippen LogP contribution in [0, 0.1) is 16.7 Å². The number of hydrogen-bond acceptors (Lipinski definition) is 3. The maximum absolute atomic E-state index is 12.7. The van der Waals surface area contributed by atoms with Crippen molar-refractivity contribution < 1.29 is 4.79 Å². The van der Waals surface area contributed by atoms with Gasteiger partial charge in [0.2, 0.25) is 0 Å². The normalized spacial score (nSPS) is 19.1. The van der Waals surface area contributed by atoms with E-state index in [-0.39, 0.29) is 28.5 Å². The van der Waals surface area contributed by atoms with Crippen LogP contribution in [0.4, 0.5) is 0 Å². The van der Waals surface area contributed by atoms with Gasteiger partial charge in [-0.15, -0.1) is 0 Å². The standard InChI is InChI=1S/C24H43N3O/c1-23(2,3)19-24(4,5)26-18-20(17-25)22(28)27-21-15-13-11-9-7-6-8-10-12-14-16-21/h18,21,26H,6-16,19H2,1-5H3,(H,27,28)/b20-18-. The van der Waals surface area contributed by atoms with Gasteiger partial charge in [-0.2, -0.15) is 5.26 Å². The zero-order valence-electron chi connectivity index (χ0n) is 19.0. The maximum Gasteiger partial charge on any atom is 0.263 e. The van der Waals surface area contributed by atoms with Gasteiger partial charge < -0.3 is 10.6 Å². The molecule has 4 nitrogen and oxygen atoms in total. The summed E-state index contributed by atoms with van der Waals surface area (Å²) in [6.45, 7) is 10.8. The van der Waals surface area contributed by atoms with Crippen LogP contribution in [-0.2, 0) is 4.79 Å². The number of nitrogens with zero attached hydrogens (tertiary/aromatic N) is 1. The molecule has 0 aromatic heterocycles. The monoisotopic (exact) mass is 389 g/mol. The fraction of sp³-hybridized carbons (Fsp3) is 0.833. The average molecular weight is 390 g/mol. The van der Waals surface area contributed by atoms with Gasteiger partial charge in [-0.25, -0.2) is 0 Å². The van der Waals surface area contributed by atoms with E-state index in [9.17, 15) is 10.1 Å². The molecule has 28 heavy (non-hydrogen) atoms. The largest absolute Gasteiger partial charge is 0.385 e. The first-order chi connectivity index (χ1) is 13.1. The lowest BCUT2D eigenvalue weighted by molar-refractivity contribution is -0.117. The fourth-order valence-corrected chi connectivity index (χ4v) is 4.36. The summed E-state index contributed by atoms with van der Waals surface area (Å²) in [6.07, 6.45) is 16.1. The lowest BCUT2D eigenvalue weighted by atomic mass is 9.82. The van der Waals surface area contributed by atoms with Crippen LogP contribution in [0.1, 0.15) is 112 Å². The predicted molar refractivity (Wildman–Crippen MR) is 118 cm³/mol. The predicted octanol–water partition coefficient (Wildman–Crippen LogP) is 5.99. The molecule has 1 rings (SSSR count). The summed E-state index contributed by atoms with van der Waals surface area (Å²) in [5.41, 5.74) is 0.175. The van der Waals surface area contributed by atoms with Crippen LogP contribution in [0.15, 0.2) is 11.8 Å². The lowest BCUT2D eigenvalue weighted by Gasteiger charge is -2.33. The molecule has 1 saturated carbocycles. The van der Waals surface area contributed by atoms with Crippen LogP contribution in [0.25, 0.3) is 0 Å². The Morgan fingerprint density at radius 3 is 1.82 bits per heavy atom. The summed E-state index contributed by atoms with van der Waals surface area (Å²) < 4.78 is 0. The summed E-state index contributed by atoms with van der Waals surface area (Å²) in [5.74, 6) is -0.237. The van der Waals surface area contributed by atoms with Crippen molar-refractivity contribution in [2.75, 3.05) is 0 Å². The van der Waals surface area contributed by atoms with Crippen molar-refractivity contribution in [1.82, 2.24) is 10.6 Å². The summed E-state index contributed by atoms with van der Waals surface area (Å²) in [4.78, 5) is 12.7. The van der Waals surface area contributed by atoms with E-state index in [1.54, 1.807) is 6.20 Å². The second-order valence-electron chi connectivity index (χ2n) is 10.4. The molecule has 1 amide bonds. The van der Waals surface area contributed by atoms with E-state index >= 15 is 0 Å². The molecule has 2 N–H and O–H groups in total. The number of hydrogen-bond donors (Lipinski definition) is 2. The van der Waals surface area contributed by atoms with Crippen LogP contribution in [0.3, 0.4) is 0 Å². The molecule has 0 saturated heterocycles. The third-order valence-corrected chi connectivity index (χ3v) is 5.38. The molecule has 1 aliphatic rings. The van der Waals surface area contributed by atoms with Gasteiger partial charge in [0.05, 0.1) is 0 Å². The molecule has 0 aromatic rings. The Hall–Kier alpha value is -1.50. The van der Waals surface area contributed by atoms with Crippen LogP contribution < -0.4 is 10.6 Å². The molecule has 1 fully saturated rings. The first kappa shape index (κ1) is 24.5. The van der Waals surface area contributed by atoms with Crippen LogP contribution >= 0.6 is 0 Å². The number of nitrogens with one attached hydrogen (secondary N) is 2. The van der Waals surface area contributed by atoms with E-state index in [4.69, 9.17) is 0 Å². The van der Waals surface area contributed by atoms with Crippen molar-refractivity contribution in [1.29, 1.82) is 5.26 Å². The van der Waals surface area contributed by atoms with Gasteiger partial charge in [0.25, 0.3) is 5.91 Å². The Balaban J connectivity index is 2.64. The quantitative estimate of drug-likeness (QED) is 0.448. The number of amides is 1. The molecular formula is C24H43N3O. The molecule has 0 spiro atoms. The van der Waals surface area contributed by atoms with Crippen LogP contribution in [0.5, 0.6) is 0 Å². The maximum atomic E-state index is 12.7. The van der Waals surface area contributed by atoms with Gasteiger partial charge in [-0.1, -0.05) is 78.6 Å². The number of rotatable bonds is 5. The van der Waals surface area contributed by atoms with Crippen molar-refractivity contribution in [3.8, 4) is 6.07 Å². The molecule has 4 heteroatoms. The van der Waals surface area contributed by atoms with Gasteiger partial charge >= 0.3 is 0 Å². The van der Waals surface area contributed by atoms with E-state index < -0.39 is 0 Å². The minimum atomic E-state index is -0.237.